The average molecular weight is 403 g/mol. The van der Waals surface area contributed by atoms with Crippen molar-refractivity contribution < 1.29 is 9.47 Å². The van der Waals surface area contributed by atoms with Gasteiger partial charge in [0.05, 0.1) is 19.8 Å². The summed E-state index contributed by atoms with van der Waals surface area (Å²) in [5.41, 5.74) is 1.03. The Kier molecular flexibility index (Phi) is 6.75. The van der Waals surface area contributed by atoms with E-state index in [1.165, 1.54) is 38.5 Å². The van der Waals surface area contributed by atoms with E-state index in [2.05, 4.69) is 26.1 Å². The molecule has 1 aliphatic heterocycles. The predicted molar refractivity (Wildman–Crippen MR) is 112 cm³/mol. The number of benzene rings is 1. The molecule has 2 heterocycles. The van der Waals surface area contributed by atoms with Crippen molar-refractivity contribution in [2.75, 3.05) is 24.8 Å². The Morgan fingerprint density at radius 2 is 2.07 bits per heavy atom. The van der Waals surface area contributed by atoms with Crippen LogP contribution in [0.3, 0.4) is 0 Å². The van der Waals surface area contributed by atoms with Crippen molar-refractivity contribution in [3.63, 3.8) is 0 Å². The zero-order valence-electron chi connectivity index (χ0n) is 16.6. The van der Waals surface area contributed by atoms with E-state index in [-0.39, 0.29) is 0 Å². The molecule has 1 aliphatic carbocycles. The average Bonchev–Trinajstić information content (AvgIpc) is 3.41. The van der Waals surface area contributed by atoms with Gasteiger partial charge in [0.15, 0.2) is 11.0 Å². The molecule has 1 aromatic heterocycles. The number of nitrogens with zero attached hydrogens (tertiary/aromatic N) is 3. The lowest BCUT2D eigenvalue weighted by Gasteiger charge is -2.26. The number of hydrogen-bond acceptors (Lipinski definition) is 6. The van der Waals surface area contributed by atoms with Crippen molar-refractivity contribution in [1.29, 1.82) is 0 Å². The highest BCUT2D eigenvalue weighted by Gasteiger charge is 2.24. The molecule has 1 N–H and O–H groups in total. The van der Waals surface area contributed by atoms with Crippen LogP contribution in [0.4, 0.5) is 5.69 Å². The van der Waals surface area contributed by atoms with E-state index < -0.39 is 0 Å². The SMILES string of the molecule is COc1cccc(NCc2nnc(SC[C@@H]3CCCO3)n2C2CCCCC2)c1. The highest BCUT2D eigenvalue weighted by Crippen LogP contribution is 2.33. The quantitative estimate of drug-likeness (QED) is 0.647. The summed E-state index contributed by atoms with van der Waals surface area (Å²) in [7, 11) is 1.69. The molecule has 2 aliphatic rings. The minimum atomic E-state index is 0.361. The van der Waals surface area contributed by atoms with Crippen molar-refractivity contribution in [2.45, 2.75) is 68.8 Å². The third kappa shape index (κ3) is 4.81. The molecule has 7 heteroatoms. The molecular weight excluding hydrogens is 372 g/mol. The zero-order chi connectivity index (χ0) is 19.2. The summed E-state index contributed by atoms with van der Waals surface area (Å²) in [5.74, 6) is 2.84. The molecule has 0 unspecified atom stereocenters. The molecule has 2 aromatic rings. The lowest BCUT2D eigenvalue weighted by molar-refractivity contribution is 0.128. The normalized spacial score (nSPS) is 20.4. The fourth-order valence-electron chi connectivity index (χ4n) is 4.09. The number of anilines is 1. The second kappa shape index (κ2) is 9.65. The number of methoxy groups -OCH3 is 1. The first-order valence-electron chi connectivity index (χ1n) is 10.4. The number of nitrogens with one attached hydrogen (secondary N) is 1. The number of thioether (sulfide) groups is 1. The van der Waals surface area contributed by atoms with Crippen LogP contribution in [0.1, 0.15) is 56.8 Å². The minimum absolute atomic E-state index is 0.361. The Labute approximate surface area is 171 Å². The lowest BCUT2D eigenvalue weighted by Crippen LogP contribution is -2.19. The zero-order valence-corrected chi connectivity index (χ0v) is 17.4. The van der Waals surface area contributed by atoms with Gasteiger partial charge in [-0.3, -0.25) is 0 Å². The largest absolute Gasteiger partial charge is 0.497 e. The van der Waals surface area contributed by atoms with Gasteiger partial charge < -0.3 is 19.4 Å². The summed E-state index contributed by atoms with van der Waals surface area (Å²) in [4.78, 5) is 0. The van der Waals surface area contributed by atoms with E-state index in [1.54, 1.807) is 18.9 Å². The molecule has 0 radical (unpaired) electrons. The van der Waals surface area contributed by atoms with Crippen molar-refractivity contribution in [1.82, 2.24) is 14.8 Å². The predicted octanol–water partition coefficient (Wildman–Crippen LogP) is 4.68. The van der Waals surface area contributed by atoms with Crippen LogP contribution in [-0.2, 0) is 11.3 Å². The van der Waals surface area contributed by atoms with Crippen molar-refractivity contribution in [3.05, 3.63) is 30.1 Å². The van der Waals surface area contributed by atoms with Crippen LogP contribution in [0, 0.1) is 0 Å². The molecule has 0 spiro atoms. The molecule has 1 saturated heterocycles. The second-order valence-corrected chi connectivity index (χ2v) is 8.58. The van der Waals surface area contributed by atoms with Gasteiger partial charge in [0.2, 0.25) is 0 Å². The number of hydrogen-bond donors (Lipinski definition) is 1. The van der Waals surface area contributed by atoms with Crippen LogP contribution in [0.5, 0.6) is 5.75 Å². The summed E-state index contributed by atoms with van der Waals surface area (Å²) in [6.07, 6.45) is 9.07. The van der Waals surface area contributed by atoms with Gasteiger partial charge in [-0.1, -0.05) is 37.1 Å². The summed E-state index contributed by atoms with van der Waals surface area (Å²) in [6, 6.07) is 8.52. The molecule has 2 fully saturated rings. The molecule has 6 nitrogen and oxygen atoms in total. The minimum Gasteiger partial charge on any atom is -0.497 e. The smallest absolute Gasteiger partial charge is 0.191 e. The maximum Gasteiger partial charge on any atom is 0.191 e. The molecule has 4 rings (SSSR count). The molecule has 0 bridgehead atoms. The molecule has 1 aromatic carbocycles. The Morgan fingerprint density at radius 3 is 2.86 bits per heavy atom. The number of aromatic nitrogens is 3. The van der Waals surface area contributed by atoms with Crippen LogP contribution < -0.4 is 10.1 Å². The van der Waals surface area contributed by atoms with Crippen LogP contribution in [-0.4, -0.2) is 40.3 Å². The Balaban J connectivity index is 1.48. The second-order valence-electron chi connectivity index (χ2n) is 7.59. The van der Waals surface area contributed by atoms with Gasteiger partial charge in [-0.25, -0.2) is 0 Å². The van der Waals surface area contributed by atoms with E-state index in [1.807, 2.05) is 18.2 Å². The molecule has 152 valence electrons. The van der Waals surface area contributed by atoms with Crippen molar-refractivity contribution in [2.24, 2.45) is 0 Å². The summed E-state index contributed by atoms with van der Waals surface area (Å²) in [5, 5.41) is 13.6. The fourth-order valence-corrected chi connectivity index (χ4v) is 5.18. The van der Waals surface area contributed by atoms with Crippen LogP contribution in [0.15, 0.2) is 29.4 Å². The highest BCUT2D eigenvalue weighted by molar-refractivity contribution is 7.99. The molecular formula is C21H30N4O2S. The summed E-state index contributed by atoms with van der Waals surface area (Å²) >= 11 is 1.80. The number of ether oxygens (including phenoxy) is 2. The van der Waals surface area contributed by atoms with Gasteiger partial charge in [-0.2, -0.15) is 0 Å². The highest BCUT2D eigenvalue weighted by atomic mass is 32.2. The van der Waals surface area contributed by atoms with Crippen LogP contribution in [0.2, 0.25) is 0 Å². The van der Waals surface area contributed by atoms with E-state index in [0.717, 1.165) is 41.2 Å². The standard InChI is InChI=1S/C21H30N4O2S/c1-26-18-10-5-7-16(13-18)22-14-20-23-24-21(28-15-19-11-6-12-27-19)25(20)17-8-3-2-4-9-17/h5,7,10,13,17,19,22H,2-4,6,8-9,11-12,14-15H2,1H3/t19-/m0/s1. The maximum atomic E-state index is 5.79. The first-order valence-corrected chi connectivity index (χ1v) is 11.4. The Hall–Kier alpha value is -1.73. The Bertz CT molecular complexity index is 755. The fraction of sp³-hybridized carbons (Fsp3) is 0.619. The van der Waals surface area contributed by atoms with Crippen molar-refractivity contribution in [3.8, 4) is 5.75 Å². The van der Waals surface area contributed by atoms with Gasteiger partial charge in [0.25, 0.3) is 0 Å². The summed E-state index contributed by atoms with van der Waals surface area (Å²) in [6.45, 7) is 1.56. The Morgan fingerprint density at radius 1 is 1.18 bits per heavy atom. The van der Waals surface area contributed by atoms with Gasteiger partial charge in [-0.15, -0.1) is 10.2 Å². The monoisotopic (exact) mass is 402 g/mol. The van der Waals surface area contributed by atoms with E-state index >= 15 is 0 Å². The lowest BCUT2D eigenvalue weighted by atomic mass is 9.95. The molecule has 28 heavy (non-hydrogen) atoms. The van der Waals surface area contributed by atoms with E-state index in [0.29, 0.717) is 18.7 Å². The molecule has 1 saturated carbocycles. The molecule has 1 atom stereocenters. The third-order valence-electron chi connectivity index (χ3n) is 5.62. The topological polar surface area (TPSA) is 61.2 Å². The van der Waals surface area contributed by atoms with Crippen LogP contribution in [0.25, 0.3) is 0 Å². The molecule has 0 amide bonds. The van der Waals surface area contributed by atoms with Gasteiger partial charge in [-0.05, 0) is 37.8 Å². The third-order valence-corrected chi connectivity index (χ3v) is 6.69. The van der Waals surface area contributed by atoms with Gasteiger partial charge in [0.1, 0.15) is 5.75 Å². The first-order chi connectivity index (χ1) is 13.8. The van der Waals surface area contributed by atoms with E-state index in [4.69, 9.17) is 9.47 Å². The van der Waals surface area contributed by atoms with Crippen LogP contribution >= 0.6 is 11.8 Å². The van der Waals surface area contributed by atoms with E-state index in [9.17, 15) is 0 Å². The van der Waals surface area contributed by atoms with Gasteiger partial charge >= 0.3 is 0 Å². The maximum absolute atomic E-state index is 5.79. The van der Waals surface area contributed by atoms with Gasteiger partial charge in [0, 0.05) is 30.2 Å². The first kappa shape index (κ1) is 19.6. The number of rotatable bonds is 8. The summed E-state index contributed by atoms with van der Waals surface area (Å²) < 4.78 is 13.5. The van der Waals surface area contributed by atoms with Crippen molar-refractivity contribution >= 4 is 17.4 Å².